The van der Waals surface area contributed by atoms with Crippen molar-refractivity contribution in [2.45, 2.75) is 42.4 Å². The summed E-state index contributed by atoms with van der Waals surface area (Å²) < 4.78 is 6.32. The zero-order chi connectivity index (χ0) is 20.0. The molecule has 4 nitrogen and oxygen atoms in total. The summed E-state index contributed by atoms with van der Waals surface area (Å²) >= 11 is 14.3. The number of rotatable bonds is 3. The number of carboxylic acid groups (broad SMARTS) is 1. The Kier molecular flexibility index (Phi) is 5.43. The molecule has 2 unspecified atom stereocenters. The molecule has 1 N–H and O–H groups in total. The Morgan fingerprint density at radius 1 is 1.29 bits per heavy atom. The van der Waals surface area contributed by atoms with Crippen LogP contribution in [0.4, 0.5) is 4.79 Å². The van der Waals surface area contributed by atoms with Gasteiger partial charge in [0, 0.05) is 51.9 Å². The van der Waals surface area contributed by atoms with Crippen LogP contribution in [0.5, 0.6) is 5.75 Å². The number of ether oxygens (including phenoxy) is 1. The van der Waals surface area contributed by atoms with E-state index in [2.05, 4.69) is 26.0 Å². The first-order valence-corrected chi connectivity index (χ1v) is 10.9. The van der Waals surface area contributed by atoms with Crippen LogP contribution in [0.15, 0.2) is 35.2 Å². The van der Waals surface area contributed by atoms with Gasteiger partial charge in [0.15, 0.2) is 0 Å². The molecule has 0 bridgehead atoms. The average Bonchev–Trinajstić information content (AvgIpc) is 2.99. The summed E-state index contributed by atoms with van der Waals surface area (Å²) in [6.45, 7) is 5.25. The van der Waals surface area contributed by atoms with Gasteiger partial charge in [-0.05, 0) is 29.8 Å². The molecule has 2 atom stereocenters. The third-order valence-corrected chi connectivity index (χ3v) is 6.75. The molecule has 0 aromatic heterocycles. The first kappa shape index (κ1) is 19.7. The van der Waals surface area contributed by atoms with E-state index in [4.69, 9.17) is 27.9 Å². The molecule has 0 aliphatic carbocycles. The number of thioether (sulfide) groups is 1. The van der Waals surface area contributed by atoms with Crippen LogP contribution in [0.3, 0.4) is 0 Å². The highest BCUT2D eigenvalue weighted by Crippen LogP contribution is 2.50. The number of nitrogens with zero attached hydrogens (tertiary/aromatic N) is 1. The van der Waals surface area contributed by atoms with Gasteiger partial charge >= 0.3 is 6.09 Å². The Bertz CT molecular complexity index is 934. The van der Waals surface area contributed by atoms with Crippen LogP contribution in [-0.2, 0) is 0 Å². The number of benzene rings is 2. The Labute approximate surface area is 178 Å². The van der Waals surface area contributed by atoms with Crippen molar-refractivity contribution in [3.8, 4) is 16.9 Å². The second kappa shape index (κ2) is 7.69. The van der Waals surface area contributed by atoms with Crippen LogP contribution in [0.1, 0.15) is 31.7 Å². The van der Waals surface area contributed by atoms with Gasteiger partial charge in [0.1, 0.15) is 11.9 Å². The van der Waals surface area contributed by atoms with Gasteiger partial charge in [-0.25, -0.2) is 4.79 Å². The third kappa shape index (κ3) is 3.68. The monoisotopic (exact) mass is 437 g/mol. The number of hydrogen-bond donors (Lipinski definition) is 1. The number of piperidine rings is 1. The van der Waals surface area contributed by atoms with Crippen molar-refractivity contribution >= 4 is 41.1 Å². The normalized spacial score (nSPS) is 20.7. The highest BCUT2D eigenvalue weighted by molar-refractivity contribution is 8.00. The van der Waals surface area contributed by atoms with Crippen molar-refractivity contribution in [2.75, 3.05) is 13.1 Å². The Morgan fingerprint density at radius 3 is 2.75 bits per heavy atom. The summed E-state index contributed by atoms with van der Waals surface area (Å²) in [5.41, 5.74) is 2.98. The van der Waals surface area contributed by atoms with Gasteiger partial charge in [0.2, 0.25) is 0 Å². The van der Waals surface area contributed by atoms with Gasteiger partial charge in [-0.15, -0.1) is 11.8 Å². The molecule has 28 heavy (non-hydrogen) atoms. The largest absolute Gasteiger partial charge is 0.488 e. The first-order valence-electron chi connectivity index (χ1n) is 9.28. The summed E-state index contributed by atoms with van der Waals surface area (Å²) in [7, 11) is 0. The van der Waals surface area contributed by atoms with E-state index < -0.39 is 6.09 Å². The third-order valence-electron chi connectivity index (χ3n) is 5.18. The summed E-state index contributed by atoms with van der Waals surface area (Å²) in [4.78, 5) is 14.0. The van der Waals surface area contributed by atoms with E-state index >= 15 is 0 Å². The molecule has 2 aromatic carbocycles. The van der Waals surface area contributed by atoms with Gasteiger partial charge in [0.25, 0.3) is 0 Å². The maximum Gasteiger partial charge on any atom is 0.407 e. The first-order chi connectivity index (χ1) is 13.3. The summed E-state index contributed by atoms with van der Waals surface area (Å²) in [5.74, 6) is 0.937. The molecule has 1 fully saturated rings. The van der Waals surface area contributed by atoms with E-state index in [0.29, 0.717) is 34.8 Å². The SMILES string of the molecule is CC(C)Sc1cc(-c2ccc(Cl)cc2Cl)cc2c1OC1CCN(C(=O)O)CC21. The standard InChI is InChI=1S/C21H21Cl2NO3S/c1-11(2)28-19-8-12(14-4-3-13(22)9-17(14)23)7-15-16-10-24(21(25)26)6-5-18(16)27-20(15)19/h3-4,7-9,11,16,18H,5-6,10H2,1-2H3,(H,25,26). The van der Waals surface area contributed by atoms with Gasteiger partial charge in [-0.1, -0.05) is 43.1 Å². The smallest absolute Gasteiger partial charge is 0.407 e. The van der Waals surface area contributed by atoms with Crippen molar-refractivity contribution in [2.24, 2.45) is 0 Å². The van der Waals surface area contributed by atoms with Crippen LogP contribution in [0.25, 0.3) is 11.1 Å². The molecule has 0 spiro atoms. The molecule has 7 heteroatoms. The molecule has 0 radical (unpaired) electrons. The van der Waals surface area contributed by atoms with E-state index in [1.807, 2.05) is 12.1 Å². The Balaban J connectivity index is 1.81. The lowest BCUT2D eigenvalue weighted by molar-refractivity contribution is 0.0892. The lowest BCUT2D eigenvalue weighted by Crippen LogP contribution is -2.43. The average molecular weight is 438 g/mol. The number of carbonyl (C=O) groups is 1. The molecular formula is C21H21Cl2NO3S. The van der Waals surface area contributed by atoms with Crippen molar-refractivity contribution in [1.29, 1.82) is 0 Å². The predicted molar refractivity (Wildman–Crippen MR) is 114 cm³/mol. The number of amides is 1. The molecular weight excluding hydrogens is 417 g/mol. The fourth-order valence-corrected chi connectivity index (χ4v) is 5.43. The fourth-order valence-electron chi connectivity index (χ4n) is 3.94. The molecule has 2 aliphatic rings. The van der Waals surface area contributed by atoms with Crippen molar-refractivity contribution in [1.82, 2.24) is 4.90 Å². The van der Waals surface area contributed by atoms with Gasteiger partial charge in [-0.2, -0.15) is 0 Å². The van der Waals surface area contributed by atoms with Crippen LogP contribution >= 0.6 is 35.0 Å². The quantitative estimate of drug-likeness (QED) is 0.565. The minimum atomic E-state index is -0.874. The second-order valence-electron chi connectivity index (χ2n) is 7.46. The van der Waals surface area contributed by atoms with Gasteiger partial charge < -0.3 is 14.7 Å². The second-order valence-corrected chi connectivity index (χ2v) is 9.93. The number of hydrogen-bond acceptors (Lipinski definition) is 3. The highest BCUT2D eigenvalue weighted by Gasteiger charge is 2.41. The van der Waals surface area contributed by atoms with Crippen molar-refractivity contribution in [3.63, 3.8) is 0 Å². The van der Waals surface area contributed by atoms with Crippen LogP contribution in [0.2, 0.25) is 10.0 Å². The maximum absolute atomic E-state index is 11.5. The number of halogens is 2. The number of likely N-dealkylation sites (tertiary alicyclic amines) is 1. The lowest BCUT2D eigenvalue weighted by atomic mass is 9.88. The Hall–Kier alpha value is -1.56. The topological polar surface area (TPSA) is 49.8 Å². The molecule has 4 rings (SSSR count). The van der Waals surface area contributed by atoms with Crippen molar-refractivity contribution in [3.05, 3.63) is 45.9 Å². The van der Waals surface area contributed by atoms with E-state index in [1.54, 1.807) is 17.8 Å². The summed E-state index contributed by atoms with van der Waals surface area (Å²) in [5, 5.41) is 11.0. The summed E-state index contributed by atoms with van der Waals surface area (Å²) in [6, 6.07) is 9.72. The molecule has 148 valence electrons. The van der Waals surface area contributed by atoms with E-state index in [-0.39, 0.29) is 12.0 Å². The zero-order valence-corrected chi connectivity index (χ0v) is 17.9. The minimum Gasteiger partial charge on any atom is -0.488 e. The summed E-state index contributed by atoms with van der Waals surface area (Å²) in [6.07, 6.45) is -0.150. The highest BCUT2D eigenvalue weighted by atomic mass is 35.5. The Morgan fingerprint density at radius 2 is 2.07 bits per heavy atom. The van der Waals surface area contributed by atoms with Crippen LogP contribution in [-0.4, -0.2) is 40.5 Å². The minimum absolute atomic E-state index is 0.0213. The fraction of sp³-hybridized carbons (Fsp3) is 0.381. The van der Waals surface area contributed by atoms with Gasteiger partial charge in [0.05, 0.1) is 4.90 Å². The zero-order valence-electron chi connectivity index (χ0n) is 15.6. The number of fused-ring (bicyclic) bond motifs is 3. The molecule has 2 heterocycles. The molecule has 1 amide bonds. The predicted octanol–water partition coefficient (Wildman–Crippen LogP) is 6.39. The molecule has 2 aromatic rings. The molecule has 1 saturated heterocycles. The van der Waals surface area contributed by atoms with E-state index in [0.717, 1.165) is 27.3 Å². The lowest BCUT2D eigenvalue weighted by Gasteiger charge is -2.32. The van der Waals surface area contributed by atoms with E-state index in [9.17, 15) is 9.90 Å². The molecule has 2 aliphatic heterocycles. The maximum atomic E-state index is 11.5. The van der Waals surface area contributed by atoms with Crippen molar-refractivity contribution < 1.29 is 14.6 Å². The van der Waals surface area contributed by atoms with Crippen LogP contribution < -0.4 is 4.74 Å². The van der Waals surface area contributed by atoms with Gasteiger partial charge in [-0.3, -0.25) is 0 Å². The van der Waals surface area contributed by atoms with Crippen LogP contribution in [0, 0.1) is 0 Å². The van der Waals surface area contributed by atoms with E-state index in [1.165, 1.54) is 4.90 Å². The molecule has 0 saturated carbocycles.